The van der Waals surface area contributed by atoms with E-state index in [4.69, 9.17) is 9.47 Å². The van der Waals surface area contributed by atoms with Gasteiger partial charge in [0.1, 0.15) is 12.6 Å². The molecule has 0 radical (unpaired) electrons. The van der Waals surface area contributed by atoms with Crippen LogP contribution in [0.25, 0.3) is 11.1 Å². The number of amides is 2. The molecule has 1 fully saturated rings. The van der Waals surface area contributed by atoms with Crippen molar-refractivity contribution in [3.63, 3.8) is 0 Å². The number of carboxylic acids is 1. The third-order valence-electron chi connectivity index (χ3n) is 7.05. The second-order valence-electron chi connectivity index (χ2n) is 9.21. The van der Waals surface area contributed by atoms with Crippen molar-refractivity contribution in [1.29, 1.82) is 0 Å². The third-order valence-corrected chi connectivity index (χ3v) is 7.05. The average molecular weight is 481 g/mol. The Morgan fingerprint density at radius 3 is 2.26 bits per heavy atom. The van der Waals surface area contributed by atoms with Gasteiger partial charge in [0.25, 0.3) is 0 Å². The SMILES string of the molecule is COCC(NC(=O)OCC1c2ccccc2-c2ccccc21)C(=O)NC[C@H]1CCCC[C@H]1C(=O)O. The van der Waals surface area contributed by atoms with E-state index in [1.807, 2.05) is 36.4 Å². The largest absolute Gasteiger partial charge is 0.481 e. The number of rotatable bonds is 9. The minimum Gasteiger partial charge on any atom is -0.481 e. The number of ether oxygens (including phenoxy) is 2. The first-order valence-corrected chi connectivity index (χ1v) is 12.1. The minimum absolute atomic E-state index is 0.0247. The third kappa shape index (κ3) is 5.65. The number of aliphatic carboxylic acids is 1. The predicted octanol–water partition coefficient (Wildman–Crippen LogP) is 3.55. The van der Waals surface area contributed by atoms with Crippen LogP contribution in [0.5, 0.6) is 0 Å². The van der Waals surface area contributed by atoms with Crippen LogP contribution in [-0.2, 0) is 19.1 Å². The number of carbonyl (C=O) groups excluding carboxylic acids is 2. The van der Waals surface area contributed by atoms with Gasteiger partial charge in [-0.25, -0.2) is 4.79 Å². The zero-order valence-corrected chi connectivity index (χ0v) is 19.9. The Kier molecular flexibility index (Phi) is 8.02. The number of methoxy groups -OCH3 is 1. The summed E-state index contributed by atoms with van der Waals surface area (Å²) in [5.41, 5.74) is 4.48. The number of benzene rings is 2. The maximum Gasteiger partial charge on any atom is 0.407 e. The van der Waals surface area contributed by atoms with Gasteiger partial charge in [0.2, 0.25) is 5.91 Å². The molecular formula is C27H32N2O6. The molecule has 1 unspecified atom stereocenters. The van der Waals surface area contributed by atoms with Gasteiger partial charge in [-0.1, -0.05) is 61.4 Å². The molecule has 1 saturated carbocycles. The van der Waals surface area contributed by atoms with Crippen LogP contribution < -0.4 is 10.6 Å². The zero-order valence-electron chi connectivity index (χ0n) is 19.9. The highest BCUT2D eigenvalue weighted by Crippen LogP contribution is 2.44. The lowest BCUT2D eigenvalue weighted by atomic mass is 9.79. The van der Waals surface area contributed by atoms with Crippen molar-refractivity contribution < 1.29 is 29.0 Å². The Hall–Kier alpha value is -3.39. The highest BCUT2D eigenvalue weighted by atomic mass is 16.5. The van der Waals surface area contributed by atoms with Crippen molar-refractivity contribution in [1.82, 2.24) is 10.6 Å². The van der Waals surface area contributed by atoms with E-state index < -0.39 is 29.9 Å². The first kappa shape index (κ1) is 24.7. The van der Waals surface area contributed by atoms with Crippen LogP contribution in [0, 0.1) is 11.8 Å². The quantitative estimate of drug-likeness (QED) is 0.506. The van der Waals surface area contributed by atoms with Crippen LogP contribution in [0.2, 0.25) is 0 Å². The molecule has 186 valence electrons. The van der Waals surface area contributed by atoms with Gasteiger partial charge in [0, 0.05) is 19.6 Å². The monoisotopic (exact) mass is 480 g/mol. The van der Waals surface area contributed by atoms with E-state index in [0.29, 0.717) is 6.42 Å². The van der Waals surface area contributed by atoms with E-state index in [-0.39, 0.29) is 31.6 Å². The lowest BCUT2D eigenvalue weighted by Gasteiger charge is -2.29. The average Bonchev–Trinajstić information content (AvgIpc) is 3.19. The molecule has 0 saturated heterocycles. The Bertz CT molecular complexity index is 1030. The topological polar surface area (TPSA) is 114 Å². The van der Waals surface area contributed by atoms with Gasteiger partial charge in [0.15, 0.2) is 0 Å². The molecular weight excluding hydrogens is 448 g/mol. The van der Waals surface area contributed by atoms with E-state index >= 15 is 0 Å². The van der Waals surface area contributed by atoms with Crippen molar-refractivity contribution in [2.45, 2.75) is 37.6 Å². The Labute approximate surface area is 205 Å². The van der Waals surface area contributed by atoms with Crippen LogP contribution in [0.15, 0.2) is 48.5 Å². The molecule has 3 atom stereocenters. The molecule has 2 aliphatic carbocycles. The number of hydrogen-bond acceptors (Lipinski definition) is 5. The van der Waals surface area contributed by atoms with E-state index in [9.17, 15) is 19.5 Å². The summed E-state index contributed by atoms with van der Waals surface area (Å²) in [6.45, 7) is 0.370. The van der Waals surface area contributed by atoms with Gasteiger partial charge in [-0.05, 0) is 41.0 Å². The molecule has 2 amide bonds. The van der Waals surface area contributed by atoms with Crippen molar-refractivity contribution in [2.24, 2.45) is 11.8 Å². The van der Waals surface area contributed by atoms with Gasteiger partial charge in [-0.2, -0.15) is 0 Å². The normalized spacial score (nSPS) is 19.8. The summed E-state index contributed by atoms with van der Waals surface area (Å²) in [6, 6.07) is 15.2. The molecule has 2 aromatic rings. The van der Waals surface area contributed by atoms with Gasteiger partial charge in [-0.3, -0.25) is 9.59 Å². The highest BCUT2D eigenvalue weighted by Gasteiger charge is 2.32. The van der Waals surface area contributed by atoms with Gasteiger partial charge < -0.3 is 25.2 Å². The van der Waals surface area contributed by atoms with E-state index in [0.717, 1.165) is 41.5 Å². The number of carbonyl (C=O) groups is 3. The summed E-state index contributed by atoms with van der Waals surface area (Å²) >= 11 is 0. The Balaban J connectivity index is 1.33. The Morgan fingerprint density at radius 1 is 1.00 bits per heavy atom. The van der Waals surface area contributed by atoms with E-state index in [1.165, 1.54) is 7.11 Å². The lowest BCUT2D eigenvalue weighted by Crippen LogP contribution is -2.51. The molecule has 4 rings (SSSR count). The number of hydrogen-bond donors (Lipinski definition) is 3. The van der Waals surface area contributed by atoms with Crippen LogP contribution in [-0.4, -0.2) is 56.0 Å². The predicted molar refractivity (Wildman–Crippen MR) is 130 cm³/mol. The summed E-state index contributed by atoms with van der Waals surface area (Å²) < 4.78 is 10.7. The number of nitrogens with one attached hydrogen (secondary N) is 2. The summed E-state index contributed by atoms with van der Waals surface area (Å²) in [5.74, 6) is -1.91. The summed E-state index contributed by atoms with van der Waals surface area (Å²) in [7, 11) is 1.45. The smallest absolute Gasteiger partial charge is 0.407 e. The molecule has 0 spiro atoms. The first-order chi connectivity index (χ1) is 17.0. The number of fused-ring (bicyclic) bond motifs is 3. The summed E-state index contributed by atoms with van der Waals surface area (Å²) in [6.07, 6.45) is 2.51. The fourth-order valence-corrected chi connectivity index (χ4v) is 5.26. The molecule has 35 heavy (non-hydrogen) atoms. The van der Waals surface area contributed by atoms with Gasteiger partial charge >= 0.3 is 12.1 Å². The highest BCUT2D eigenvalue weighted by molar-refractivity contribution is 5.86. The fraction of sp³-hybridized carbons (Fsp3) is 0.444. The Morgan fingerprint density at radius 2 is 1.63 bits per heavy atom. The molecule has 2 aromatic carbocycles. The van der Waals surface area contributed by atoms with Crippen LogP contribution in [0.1, 0.15) is 42.7 Å². The van der Waals surface area contributed by atoms with Crippen molar-refractivity contribution in [3.8, 4) is 11.1 Å². The zero-order chi connectivity index (χ0) is 24.8. The van der Waals surface area contributed by atoms with E-state index in [1.54, 1.807) is 0 Å². The molecule has 0 heterocycles. The van der Waals surface area contributed by atoms with Crippen molar-refractivity contribution in [3.05, 3.63) is 59.7 Å². The van der Waals surface area contributed by atoms with Crippen LogP contribution in [0.4, 0.5) is 4.79 Å². The number of alkyl carbamates (subject to hydrolysis) is 1. The van der Waals surface area contributed by atoms with Crippen molar-refractivity contribution in [2.75, 3.05) is 26.9 Å². The van der Waals surface area contributed by atoms with Crippen LogP contribution >= 0.6 is 0 Å². The minimum atomic E-state index is -0.942. The number of carboxylic acid groups (broad SMARTS) is 1. The van der Waals surface area contributed by atoms with E-state index in [2.05, 4.69) is 22.8 Å². The van der Waals surface area contributed by atoms with Gasteiger partial charge in [0.05, 0.1) is 12.5 Å². The van der Waals surface area contributed by atoms with Crippen molar-refractivity contribution >= 4 is 18.0 Å². The fourth-order valence-electron chi connectivity index (χ4n) is 5.26. The second kappa shape index (κ2) is 11.4. The maximum absolute atomic E-state index is 12.8. The second-order valence-corrected chi connectivity index (χ2v) is 9.21. The molecule has 2 aliphatic rings. The van der Waals surface area contributed by atoms with Gasteiger partial charge in [-0.15, -0.1) is 0 Å². The lowest BCUT2D eigenvalue weighted by molar-refractivity contribution is -0.145. The molecule has 8 nitrogen and oxygen atoms in total. The van der Waals surface area contributed by atoms with Crippen LogP contribution in [0.3, 0.4) is 0 Å². The maximum atomic E-state index is 12.8. The molecule has 0 bridgehead atoms. The standard InChI is InChI=1S/C27H32N2O6/c1-34-16-24(25(30)28-14-17-8-2-3-9-18(17)26(31)32)29-27(33)35-15-23-21-12-6-4-10-19(21)20-11-5-7-13-22(20)23/h4-7,10-13,17-18,23-24H,2-3,8-9,14-16H2,1H3,(H,28,30)(H,29,33)(H,31,32)/t17-,18-,24?/m1/s1. The molecule has 8 heteroatoms. The summed E-state index contributed by atoms with van der Waals surface area (Å²) in [4.78, 5) is 36.9. The first-order valence-electron chi connectivity index (χ1n) is 12.1. The molecule has 3 N–H and O–H groups in total. The summed E-state index contributed by atoms with van der Waals surface area (Å²) in [5, 5.41) is 14.8. The molecule has 0 aromatic heterocycles. The molecule has 0 aliphatic heterocycles.